The Bertz CT molecular complexity index is 2560. The molecule has 31 heteroatoms. The van der Waals surface area contributed by atoms with E-state index >= 15 is 0 Å². The molecule has 2 heterocycles. The predicted octanol–water partition coefficient (Wildman–Crippen LogP) is 10.7. The SMILES string of the molecule is C.C.C.C.[C-]#[N+]C(C)(CCC(=O)CCCOCCOCC(=O)CCCCCCO[C@@H]1O[C@H](CO)[C@H](O)[C@H](O)[C@H]1NC(C)=O)SC(=C)SCC.[C-]#[N+]C(C)(CCC(=O)CCCOCCOCC(=O)CCCCCCO[C@@H]1O[C@H](COC(C)=O)[C@H](OC(C)=O)[C@H](OC(C)=O)[C@H]1NC(C)=O)SC(=C)SCC. The first-order valence-corrected chi connectivity index (χ1v) is 37.4. The molecule has 2 unspecified atom stereocenters. The van der Waals surface area contributed by atoms with Gasteiger partial charge in [-0.3, -0.25) is 52.8 Å². The van der Waals surface area contributed by atoms with Crippen LogP contribution in [-0.2, 0) is 95.3 Å². The average molecular weight is 1540 g/mol. The number of carbonyl (C=O) groups excluding carboxylic acids is 9. The van der Waals surface area contributed by atoms with Crippen LogP contribution in [0.1, 0.15) is 208 Å². The Labute approximate surface area is 631 Å². The smallest absolute Gasteiger partial charge is 0.303 e. The number of nitrogens with zero attached hydrogens (tertiary/aromatic N) is 2. The molecule has 2 rings (SSSR count). The zero-order valence-electron chi connectivity index (χ0n) is 59.3. The normalized spacial score (nSPS) is 20.7. The highest BCUT2D eigenvalue weighted by Crippen LogP contribution is 2.42. The second kappa shape index (κ2) is 61.5. The van der Waals surface area contributed by atoms with E-state index in [0.29, 0.717) is 123 Å². The summed E-state index contributed by atoms with van der Waals surface area (Å²) in [6, 6.07) is -1.99. The van der Waals surface area contributed by atoms with Gasteiger partial charge >= 0.3 is 17.9 Å². The zero-order chi connectivity index (χ0) is 74.2. The predicted molar refractivity (Wildman–Crippen MR) is 404 cm³/mol. The second-order valence-electron chi connectivity index (χ2n) is 23.8. The maximum atomic E-state index is 12.3. The van der Waals surface area contributed by atoms with Crippen LogP contribution < -0.4 is 10.6 Å². The molecule has 0 aliphatic carbocycles. The number of aliphatic hydroxyl groups excluding tert-OH is 3. The summed E-state index contributed by atoms with van der Waals surface area (Å²) < 4.78 is 62.7. The Morgan fingerprint density at radius 2 is 0.874 bits per heavy atom. The third kappa shape index (κ3) is 49.1. The van der Waals surface area contributed by atoms with Crippen molar-refractivity contribution in [2.75, 3.05) is 90.8 Å². The number of hydrogen-bond acceptors (Lipinski definition) is 27. The van der Waals surface area contributed by atoms with E-state index in [1.54, 1.807) is 23.5 Å². The van der Waals surface area contributed by atoms with Crippen LogP contribution in [0, 0.1) is 13.1 Å². The summed E-state index contributed by atoms with van der Waals surface area (Å²) in [6.07, 6.45) is 0.820. The third-order valence-electron chi connectivity index (χ3n) is 14.8. The van der Waals surface area contributed by atoms with Crippen LogP contribution in [0.3, 0.4) is 0 Å². The van der Waals surface area contributed by atoms with E-state index in [4.69, 9.17) is 65.2 Å². The summed E-state index contributed by atoms with van der Waals surface area (Å²) in [4.78, 5) is 114. The van der Waals surface area contributed by atoms with Gasteiger partial charge in [0.1, 0.15) is 67.9 Å². The summed E-state index contributed by atoms with van der Waals surface area (Å²) in [5.74, 6) is -0.860. The lowest BCUT2D eigenvalue weighted by atomic mass is 9.96. The zero-order valence-corrected chi connectivity index (χ0v) is 62.6. The van der Waals surface area contributed by atoms with Gasteiger partial charge in [-0.15, -0.1) is 23.5 Å². The molecular weight excluding hydrogens is 1420 g/mol. The first-order chi connectivity index (χ1) is 47.1. The highest BCUT2D eigenvalue weighted by Gasteiger charge is 2.51. The van der Waals surface area contributed by atoms with Crippen molar-refractivity contribution < 1.29 is 111 Å². The van der Waals surface area contributed by atoms with Crippen molar-refractivity contribution in [3.8, 4) is 0 Å². The number of nitrogens with one attached hydrogen (secondary N) is 2. The Balaban J connectivity index is -0.000000930. The fraction of sp³-hybridized carbons (Fsp3) is 0.792. The van der Waals surface area contributed by atoms with Crippen molar-refractivity contribution in [3.05, 3.63) is 44.5 Å². The van der Waals surface area contributed by atoms with Crippen LogP contribution in [0.5, 0.6) is 0 Å². The van der Waals surface area contributed by atoms with Crippen molar-refractivity contribution >= 4 is 99.9 Å². The average Bonchev–Trinajstić information content (AvgIpc) is 0.806. The molecule has 0 spiro atoms. The number of unbranched alkanes of at least 4 members (excludes halogenated alkanes) is 6. The van der Waals surface area contributed by atoms with Crippen molar-refractivity contribution in [1.29, 1.82) is 0 Å². The van der Waals surface area contributed by atoms with Gasteiger partial charge < -0.3 is 78.1 Å². The highest BCUT2D eigenvalue weighted by molar-refractivity contribution is 8.23. The first kappa shape index (κ1) is 105. The second-order valence-corrected chi connectivity index (χ2v) is 30.2. The molecule has 2 aliphatic heterocycles. The monoisotopic (exact) mass is 1540 g/mol. The lowest BCUT2D eigenvalue weighted by Crippen LogP contribution is -2.66. The molecule has 2 saturated heterocycles. The third-order valence-corrected chi connectivity index (χ3v) is 19.2. The number of rotatable bonds is 55. The summed E-state index contributed by atoms with van der Waals surface area (Å²) >= 11 is 6.07. The molecule has 2 amide bonds. The van der Waals surface area contributed by atoms with Crippen LogP contribution in [0.25, 0.3) is 9.69 Å². The molecule has 0 radical (unpaired) electrons. The van der Waals surface area contributed by atoms with Crippen LogP contribution >= 0.6 is 47.0 Å². The van der Waals surface area contributed by atoms with Crippen molar-refractivity contribution in [2.45, 2.75) is 279 Å². The van der Waals surface area contributed by atoms with Gasteiger partial charge in [0.15, 0.2) is 36.4 Å². The number of ketones is 4. The van der Waals surface area contributed by atoms with Crippen LogP contribution in [0.2, 0.25) is 0 Å². The largest absolute Gasteiger partial charge is 0.463 e. The molecule has 0 aromatic rings. The molecule has 27 nitrogen and oxygen atoms in total. The first-order valence-electron chi connectivity index (χ1n) is 33.8. The number of carbonyl (C=O) groups is 9. The minimum absolute atomic E-state index is 0. The van der Waals surface area contributed by atoms with E-state index in [1.165, 1.54) is 58.1 Å². The minimum atomic E-state index is -1.35. The molecule has 596 valence electrons. The van der Waals surface area contributed by atoms with E-state index < -0.39 is 107 Å². The lowest BCUT2D eigenvalue weighted by molar-refractivity contribution is -0.277. The molecule has 0 aromatic carbocycles. The summed E-state index contributed by atoms with van der Waals surface area (Å²) in [5.41, 5.74) is 0. The Morgan fingerprint density at radius 3 is 1.27 bits per heavy atom. The maximum Gasteiger partial charge on any atom is 0.303 e. The van der Waals surface area contributed by atoms with Gasteiger partial charge in [-0.25, -0.2) is 13.1 Å². The molecule has 12 atom stereocenters. The molecule has 5 N–H and O–H groups in total. The fourth-order valence-corrected chi connectivity index (χ4v) is 14.2. The van der Waals surface area contributed by atoms with Crippen molar-refractivity contribution in [2.24, 2.45) is 0 Å². The van der Waals surface area contributed by atoms with Gasteiger partial charge in [-0.1, -0.05) is 82.4 Å². The molecule has 0 aromatic heterocycles. The molecule has 0 bridgehead atoms. The summed E-state index contributed by atoms with van der Waals surface area (Å²) in [6.45, 7) is 38.5. The Kier molecular flexibility index (Phi) is 62.5. The number of amides is 2. The van der Waals surface area contributed by atoms with E-state index in [1.807, 2.05) is 27.7 Å². The molecule has 2 fully saturated rings. The van der Waals surface area contributed by atoms with Crippen LogP contribution in [0.4, 0.5) is 0 Å². The van der Waals surface area contributed by atoms with Crippen LogP contribution in [-0.4, -0.2) is 230 Å². The van der Waals surface area contributed by atoms with Crippen molar-refractivity contribution in [1.82, 2.24) is 10.6 Å². The van der Waals surface area contributed by atoms with E-state index in [0.717, 1.165) is 45.7 Å². The van der Waals surface area contributed by atoms with E-state index in [2.05, 4.69) is 33.5 Å². The van der Waals surface area contributed by atoms with Crippen molar-refractivity contribution in [3.63, 3.8) is 0 Å². The lowest BCUT2D eigenvalue weighted by Gasteiger charge is -2.44. The van der Waals surface area contributed by atoms with Gasteiger partial charge in [-0.05, 0) is 73.6 Å². The van der Waals surface area contributed by atoms with Gasteiger partial charge in [0, 0.05) is 135 Å². The topological polar surface area (TPSA) is 349 Å². The molecule has 103 heavy (non-hydrogen) atoms. The number of ether oxygens (including phenoxy) is 11. The van der Waals surface area contributed by atoms with Gasteiger partial charge in [-0.2, -0.15) is 0 Å². The van der Waals surface area contributed by atoms with E-state index in [9.17, 15) is 58.5 Å². The molecular formula is C72H126N4O23S4. The standard InChI is InChI=1S/C37H58N2O13S2.C31H52N2O10S2.4CH4/c1-9-53-29(6)54-37(7,38-8)18-17-30(44)16-14-19-46-21-22-47-23-31(45)15-12-10-11-13-20-48-36-33(39-25(2)40)35(51-28(5)43)34(50-27(4)42)32(52-36)24-49-26(3)41;1-6-44-23(3)45-31(4,32-5)15-14-24(36)13-11-16-40-18-19-41-21-25(37)12-9-7-8-10-17-42-30-27(33-22(2)35)29(39)28(38)26(20-34)43-30;;;;/h32-36H,6,9-24H2,1-5,7H3,(H,39,40);26-30,34,38-39H,3,6-21H2,1-2,4H3,(H,33,35);4*1H4/t32-,33-,34+,35-,36-,37?;26-,27-,28+,29-,30-,31?;;;;/m11..../s1. The molecule has 0 saturated carbocycles. The summed E-state index contributed by atoms with van der Waals surface area (Å²) in [7, 11) is 0. The Morgan fingerprint density at radius 1 is 0.485 bits per heavy atom. The molecule has 2 aliphatic rings. The van der Waals surface area contributed by atoms with Gasteiger partial charge in [0.2, 0.25) is 11.8 Å². The number of hydrogen-bond donors (Lipinski definition) is 5. The minimum Gasteiger partial charge on any atom is -0.463 e. The summed E-state index contributed by atoms with van der Waals surface area (Å²) in [5, 5.41) is 34.9. The maximum absolute atomic E-state index is 12.3. The number of esters is 3. The number of thioether (sulfide) groups is 4. The van der Waals surface area contributed by atoms with Crippen LogP contribution in [0.15, 0.2) is 21.6 Å². The number of aliphatic hydroxyl groups is 3. The number of Topliss-reactive ketones (excluding diaryl/α,β-unsaturated/α-hetero) is 4. The Hall–Kier alpha value is -4.55. The van der Waals surface area contributed by atoms with Gasteiger partial charge in [0.05, 0.1) is 33.0 Å². The highest BCUT2D eigenvalue weighted by atomic mass is 32.2. The van der Waals surface area contributed by atoms with E-state index in [-0.39, 0.29) is 92.5 Å². The quantitative estimate of drug-likeness (QED) is 0.0163. The fourth-order valence-electron chi connectivity index (χ4n) is 9.82. The van der Waals surface area contributed by atoms with Gasteiger partial charge in [0.25, 0.3) is 9.74 Å².